The molecule has 7 heteroatoms. The first kappa shape index (κ1) is 16.2. The molecule has 5 nitrogen and oxygen atoms in total. The van der Waals surface area contributed by atoms with Crippen molar-refractivity contribution in [3.63, 3.8) is 0 Å². The van der Waals surface area contributed by atoms with E-state index in [0.29, 0.717) is 16.8 Å². The van der Waals surface area contributed by atoms with E-state index in [0.717, 1.165) is 17.9 Å². The van der Waals surface area contributed by atoms with Crippen molar-refractivity contribution in [1.82, 2.24) is 0 Å². The third-order valence-corrected chi connectivity index (χ3v) is 5.48. The number of nitrogens with one attached hydrogen (secondary N) is 1. The molecule has 2 rings (SSSR count). The van der Waals surface area contributed by atoms with Crippen LogP contribution >= 0.6 is 11.8 Å². The number of fused-ring (bicyclic) bond motifs is 1. The van der Waals surface area contributed by atoms with Gasteiger partial charge in [-0.3, -0.25) is 0 Å². The molecule has 21 heavy (non-hydrogen) atoms. The lowest BCUT2D eigenvalue weighted by Crippen LogP contribution is -2.20. The maximum Gasteiger partial charge on any atom is 0.286 e. The molecule has 0 saturated heterocycles. The van der Waals surface area contributed by atoms with Gasteiger partial charge in [-0.1, -0.05) is 25.6 Å². The molecule has 0 amide bonds. The van der Waals surface area contributed by atoms with Crippen molar-refractivity contribution in [2.45, 2.75) is 25.2 Å². The van der Waals surface area contributed by atoms with Crippen LogP contribution in [0.4, 0.5) is 11.4 Å². The Morgan fingerprint density at radius 1 is 1.33 bits per heavy atom. The summed E-state index contributed by atoms with van der Waals surface area (Å²) in [6.45, 7) is 4.29. The van der Waals surface area contributed by atoms with Crippen molar-refractivity contribution < 1.29 is 8.42 Å². The van der Waals surface area contributed by atoms with E-state index in [-0.39, 0.29) is 4.90 Å². The second-order valence-electron chi connectivity index (χ2n) is 5.60. The van der Waals surface area contributed by atoms with Crippen LogP contribution in [0.1, 0.15) is 20.3 Å². The van der Waals surface area contributed by atoms with Gasteiger partial charge in [0.15, 0.2) is 5.17 Å². The number of amidine groups is 1. The molecule has 0 saturated carbocycles. The van der Waals surface area contributed by atoms with Crippen LogP contribution in [0.25, 0.3) is 0 Å². The molecule has 0 fully saturated rings. The van der Waals surface area contributed by atoms with Crippen LogP contribution in [0, 0.1) is 5.92 Å². The number of nitrogens with zero attached hydrogens (tertiary/aromatic N) is 2. The minimum atomic E-state index is -3.62. The molecule has 1 aliphatic rings. The molecule has 0 spiro atoms. The number of hydrogen-bond donors (Lipinski definition) is 1. The van der Waals surface area contributed by atoms with Gasteiger partial charge in [-0.05, 0) is 30.5 Å². The second-order valence-corrected chi connectivity index (χ2v) is 8.26. The van der Waals surface area contributed by atoms with Gasteiger partial charge in [-0.25, -0.2) is 0 Å². The molecule has 1 aromatic carbocycles. The van der Waals surface area contributed by atoms with Gasteiger partial charge in [0.2, 0.25) is 0 Å². The fourth-order valence-corrected chi connectivity index (χ4v) is 4.35. The van der Waals surface area contributed by atoms with Gasteiger partial charge < -0.3 is 10.2 Å². The lowest BCUT2D eigenvalue weighted by Gasteiger charge is -2.20. The third-order valence-electron chi connectivity index (χ3n) is 3.14. The summed E-state index contributed by atoms with van der Waals surface area (Å²) in [5, 5.41) is 3.57. The predicted molar refractivity (Wildman–Crippen MR) is 90.9 cm³/mol. The number of thioether (sulfide) groups is 1. The van der Waals surface area contributed by atoms with Crippen LogP contribution in [0.5, 0.6) is 0 Å². The highest BCUT2D eigenvalue weighted by Gasteiger charge is 2.25. The maximum atomic E-state index is 12.3. The minimum absolute atomic E-state index is 0.238. The van der Waals surface area contributed by atoms with Gasteiger partial charge in [-0.2, -0.15) is 8.42 Å². The second kappa shape index (κ2) is 6.27. The zero-order valence-electron chi connectivity index (χ0n) is 12.8. The average Bonchev–Trinajstić information content (AvgIpc) is 2.37. The topological polar surface area (TPSA) is 61.8 Å². The molecule has 0 atom stereocenters. The Morgan fingerprint density at radius 3 is 2.67 bits per heavy atom. The van der Waals surface area contributed by atoms with E-state index in [1.165, 1.54) is 11.8 Å². The molecule has 1 aromatic rings. The standard InChI is InChI=1S/C14H21N3O2S2/c1-10(2)7-8-20-14-15-12-6-5-11(17(3)4)9-13(12)21(18,19)16-14/h5-6,9-10H,7-8H2,1-4H3,(H,15,16). The predicted octanol–water partition coefficient (Wildman–Crippen LogP) is 3.00. The van der Waals surface area contributed by atoms with E-state index in [1.54, 1.807) is 12.1 Å². The highest BCUT2D eigenvalue weighted by molar-refractivity contribution is 8.14. The summed E-state index contributed by atoms with van der Waals surface area (Å²) in [5.41, 5.74) is 1.44. The molecule has 0 radical (unpaired) electrons. The van der Waals surface area contributed by atoms with Gasteiger partial charge in [0.1, 0.15) is 4.90 Å². The normalized spacial score (nSPS) is 16.1. The van der Waals surface area contributed by atoms with Gasteiger partial charge in [-0.15, -0.1) is 4.40 Å². The highest BCUT2D eigenvalue weighted by atomic mass is 32.2. The molecule has 1 heterocycles. The molecule has 116 valence electrons. The Labute approximate surface area is 130 Å². The summed E-state index contributed by atoms with van der Waals surface area (Å²) in [6, 6.07) is 5.33. The van der Waals surface area contributed by atoms with Crippen molar-refractivity contribution >= 4 is 38.3 Å². The van der Waals surface area contributed by atoms with E-state index in [9.17, 15) is 8.42 Å². The summed E-state index contributed by atoms with van der Waals surface area (Å²) in [4.78, 5) is 2.11. The molecule has 1 aliphatic heterocycles. The molecule has 1 N–H and O–H groups in total. The molecular weight excluding hydrogens is 306 g/mol. The molecule has 0 bridgehead atoms. The molecule has 0 aliphatic carbocycles. The van der Waals surface area contributed by atoms with Crippen LogP contribution in [0.3, 0.4) is 0 Å². The van der Waals surface area contributed by atoms with E-state index in [2.05, 4.69) is 23.6 Å². The summed E-state index contributed by atoms with van der Waals surface area (Å²) in [7, 11) is 0.132. The Kier molecular flexibility index (Phi) is 4.83. The van der Waals surface area contributed by atoms with Crippen LogP contribution in [0.2, 0.25) is 0 Å². The van der Waals surface area contributed by atoms with Gasteiger partial charge in [0.05, 0.1) is 5.69 Å². The van der Waals surface area contributed by atoms with Gasteiger partial charge >= 0.3 is 0 Å². The quantitative estimate of drug-likeness (QED) is 0.921. The van der Waals surface area contributed by atoms with Crippen molar-refractivity contribution in [1.29, 1.82) is 0 Å². The number of benzene rings is 1. The fourth-order valence-electron chi connectivity index (χ4n) is 1.86. The van der Waals surface area contributed by atoms with Gasteiger partial charge in [0.25, 0.3) is 10.0 Å². The first-order chi connectivity index (χ1) is 9.79. The monoisotopic (exact) mass is 327 g/mol. The first-order valence-electron chi connectivity index (χ1n) is 6.86. The zero-order chi connectivity index (χ0) is 15.6. The first-order valence-corrected chi connectivity index (χ1v) is 9.28. The smallest absolute Gasteiger partial charge is 0.286 e. The third kappa shape index (κ3) is 3.91. The average molecular weight is 327 g/mol. The lowest BCUT2D eigenvalue weighted by atomic mass is 10.2. The number of hydrogen-bond acceptors (Lipinski definition) is 5. The van der Waals surface area contributed by atoms with E-state index in [4.69, 9.17) is 0 Å². The van der Waals surface area contributed by atoms with Crippen molar-refractivity contribution in [3.8, 4) is 0 Å². The van der Waals surface area contributed by atoms with Crippen LogP contribution in [0.15, 0.2) is 27.5 Å². The van der Waals surface area contributed by atoms with Crippen LogP contribution in [-0.4, -0.2) is 33.4 Å². The highest BCUT2D eigenvalue weighted by Crippen LogP contribution is 2.32. The molecular formula is C14H21N3O2S2. The van der Waals surface area contributed by atoms with Gasteiger partial charge in [0, 0.05) is 25.5 Å². The number of rotatable bonds is 4. The number of anilines is 2. The Balaban J connectivity index is 2.23. The number of sulfonamides is 1. The Bertz CT molecular complexity index is 652. The SMILES string of the molecule is CC(C)CCSC1=NS(=O)(=O)c2cc(N(C)C)ccc2N1. The molecule has 0 aromatic heterocycles. The lowest BCUT2D eigenvalue weighted by molar-refractivity contribution is 0.598. The van der Waals surface area contributed by atoms with Crippen molar-refractivity contribution in [3.05, 3.63) is 18.2 Å². The van der Waals surface area contributed by atoms with Crippen molar-refractivity contribution in [2.24, 2.45) is 10.3 Å². The molecule has 0 unspecified atom stereocenters. The van der Waals surface area contributed by atoms with Crippen LogP contribution < -0.4 is 10.2 Å². The Hall–Kier alpha value is -1.21. The van der Waals surface area contributed by atoms with E-state index < -0.39 is 10.0 Å². The summed E-state index contributed by atoms with van der Waals surface area (Å²) >= 11 is 1.45. The Morgan fingerprint density at radius 2 is 2.05 bits per heavy atom. The van der Waals surface area contributed by atoms with Crippen LogP contribution in [-0.2, 0) is 10.0 Å². The fraction of sp³-hybridized carbons (Fsp3) is 0.500. The van der Waals surface area contributed by atoms with E-state index >= 15 is 0 Å². The van der Waals surface area contributed by atoms with E-state index in [1.807, 2.05) is 25.1 Å². The minimum Gasteiger partial charge on any atom is -0.378 e. The maximum absolute atomic E-state index is 12.3. The van der Waals surface area contributed by atoms with Crippen molar-refractivity contribution in [2.75, 3.05) is 30.1 Å². The largest absolute Gasteiger partial charge is 0.378 e. The summed E-state index contributed by atoms with van der Waals surface area (Å²) in [5.74, 6) is 1.44. The summed E-state index contributed by atoms with van der Waals surface area (Å²) in [6.07, 6.45) is 1.03. The zero-order valence-corrected chi connectivity index (χ0v) is 14.4. The summed E-state index contributed by atoms with van der Waals surface area (Å²) < 4.78 is 28.5.